The normalized spacial score (nSPS) is 25.6. The summed E-state index contributed by atoms with van der Waals surface area (Å²) in [7, 11) is 1.22. The molecule has 1 saturated heterocycles. The lowest BCUT2D eigenvalue weighted by Gasteiger charge is -2.28. The van der Waals surface area contributed by atoms with Gasteiger partial charge in [-0.05, 0) is 12.3 Å². The molecule has 4 atom stereocenters. The zero-order valence-electron chi connectivity index (χ0n) is 12.2. The Hall–Kier alpha value is -1.18. The van der Waals surface area contributed by atoms with E-state index in [1.807, 2.05) is 13.8 Å². The van der Waals surface area contributed by atoms with E-state index in [2.05, 4.69) is 4.74 Å². The van der Waals surface area contributed by atoms with Crippen molar-refractivity contribution in [3.8, 4) is 0 Å². The van der Waals surface area contributed by atoms with Gasteiger partial charge in [0.25, 0.3) is 5.91 Å². The van der Waals surface area contributed by atoms with E-state index in [4.69, 9.17) is 5.73 Å². The molecule has 1 aliphatic rings. The molecular formula is C13H24N2O5. The van der Waals surface area contributed by atoms with Crippen molar-refractivity contribution in [1.29, 1.82) is 0 Å². The standard InChI is InChI=1S/C13H24N2O5/c1-7(2)4-9(14)11(17)12(18)15-6-8(16)5-10(15)13(19)20-3/h7-11,16-17H,4-6,14H2,1-3H3/t8-,9+,10-,11-/m0/s1. The Morgan fingerprint density at radius 1 is 1.45 bits per heavy atom. The minimum atomic E-state index is -1.38. The zero-order chi connectivity index (χ0) is 15.4. The molecule has 4 N–H and O–H groups in total. The van der Waals surface area contributed by atoms with Gasteiger partial charge in [0.1, 0.15) is 12.1 Å². The summed E-state index contributed by atoms with van der Waals surface area (Å²) in [6.45, 7) is 3.88. The molecule has 7 heteroatoms. The first kappa shape index (κ1) is 16.9. The molecule has 0 aromatic carbocycles. The van der Waals surface area contributed by atoms with Crippen molar-refractivity contribution in [1.82, 2.24) is 4.90 Å². The molecule has 1 rings (SSSR count). The van der Waals surface area contributed by atoms with Crippen LogP contribution < -0.4 is 5.73 Å². The number of esters is 1. The molecule has 1 heterocycles. The number of hydrogen-bond acceptors (Lipinski definition) is 6. The fourth-order valence-electron chi connectivity index (χ4n) is 2.44. The fourth-order valence-corrected chi connectivity index (χ4v) is 2.44. The number of hydrogen-bond donors (Lipinski definition) is 3. The van der Waals surface area contributed by atoms with E-state index >= 15 is 0 Å². The first-order valence-corrected chi connectivity index (χ1v) is 6.78. The highest BCUT2D eigenvalue weighted by molar-refractivity contribution is 5.88. The van der Waals surface area contributed by atoms with Crippen LogP contribution in [-0.2, 0) is 14.3 Å². The second-order valence-corrected chi connectivity index (χ2v) is 5.66. The average molecular weight is 288 g/mol. The maximum absolute atomic E-state index is 12.2. The van der Waals surface area contributed by atoms with E-state index in [0.29, 0.717) is 6.42 Å². The van der Waals surface area contributed by atoms with Crippen LogP contribution in [0.15, 0.2) is 0 Å². The molecule has 0 saturated carbocycles. The van der Waals surface area contributed by atoms with Crippen LogP contribution in [0.25, 0.3) is 0 Å². The Morgan fingerprint density at radius 2 is 2.05 bits per heavy atom. The van der Waals surface area contributed by atoms with Gasteiger partial charge in [0.15, 0.2) is 0 Å². The van der Waals surface area contributed by atoms with Crippen LogP contribution in [0.3, 0.4) is 0 Å². The number of nitrogens with two attached hydrogens (primary N) is 1. The van der Waals surface area contributed by atoms with Gasteiger partial charge in [-0.15, -0.1) is 0 Å². The number of carbonyl (C=O) groups excluding carboxylic acids is 2. The molecular weight excluding hydrogens is 264 g/mol. The SMILES string of the molecule is COC(=O)[C@@H]1C[C@H](O)CN1C(=O)[C@@H](O)[C@H](N)CC(C)C. The van der Waals surface area contributed by atoms with E-state index in [1.54, 1.807) is 0 Å². The molecule has 116 valence electrons. The highest BCUT2D eigenvalue weighted by Gasteiger charge is 2.42. The smallest absolute Gasteiger partial charge is 0.328 e. The number of rotatable bonds is 5. The Morgan fingerprint density at radius 3 is 2.55 bits per heavy atom. The molecule has 0 aromatic heterocycles. The van der Waals surface area contributed by atoms with Crippen molar-refractivity contribution in [2.45, 2.75) is 51.0 Å². The lowest BCUT2D eigenvalue weighted by molar-refractivity contribution is -0.154. The van der Waals surface area contributed by atoms with Crippen LogP contribution in [0, 0.1) is 5.92 Å². The Bertz CT molecular complexity index is 361. The number of amides is 1. The summed E-state index contributed by atoms with van der Waals surface area (Å²) in [4.78, 5) is 25.0. The van der Waals surface area contributed by atoms with Gasteiger partial charge in [0, 0.05) is 19.0 Å². The number of methoxy groups -OCH3 is 1. The summed E-state index contributed by atoms with van der Waals surface area (Å²) in [6.07, 6.45) is -1.57. The van der Waals surface area contributed by atoms with Gasteiger partial charge in [0.05, 0.1) is 13.2 Å². The summed E-state index contributed by atoms with van der Waals surface area (Å²) >= 11 is 0. The molecule has 0 radical (unpaired) electrons. The molecule has 20 heavy (non-hydrogen) atoms. The Labute approximate surface area is 118 Å². The maximum Gasteiger partial charge on any atom is 0.328 e. The van der Waals surface area contributed by atoms with Crippen molar-refractivity contribution in [2.75, 3.05) is 13.7 Å². The lowest BCUT2D eigenvalue weighted by atomic mass is 9.99. The second-order valence-electron chi connectivity index (χ2n) is 5.66. The van der Waals surface area contributed by atoms with E-state index < -0.39 is 36.2 Å². The molecule has 1 fully saturated rings. The van der Waals surface area contributed by atoms with Crippen LogP contribution in [-0.4, -0.2) is 64.9 Å². The molecule has 0 bridgehead atoms. The van der Waals surface area contributed by atoms with E-state index in [1.165, 1.54) is 7.11 Å². The Balaban J connectivity index is 2.76. The van der Waals surface area contributed by atoms with Crippen molar-refractivity contribution in [3.63, 3.8) is 0 Å². The highest BCUT2D eigenvalue weighted by Crippen LogP contribution is 2.21. The topological polar surface area (TPSA) is 113 Å². The number of likely N-dealkylation sites (tertiary alicyclic amines) is 1. The minimum Gasteiger partial charge on any atom is -0.467 e. The number of aliphatic hydroxyl groups excluding tert-OH is 2. The molecule has 1 aliphatic heterocycles. The second kappa shape index (κ2) is 7.01. The van der Waals surface area contributed by atoms with Crippen LogP contribution in [0.1, 0.15) is 26.7 Å². The molecule has 0 aliphatic carbocycles. The third-order valence-corrected chi connectivity index (χ3v) is 3.44. The predicted molar refractivity (Wildman–Crippen MR) is 71.6 cm³/mol. The van der Waals surface area contributed by atoms with Crippen LogP contribution in [0.2, 0.25) is 0 Å². The molecule has 0 unspecified atom stereocenters. The third kappa shape index (κ3) is 3.91. The number of carbonyl (C=O) groups is 2. The molecule has 0 spiro atoms. The maximum atomic E-state index is 12.2. The van der Waals surface area contributed by atoms with Gasteiger partial charge in [0.2, 0.25) is 0 Å². The van der Waals surface area contributed by atoms with Gasteiger partial charge in [-0.25, -0.2) is 4.79 Å². The summed E-state index contributed by atoms with van der Waals surface area (Å²) in [5, 5.41) is 19.6. The van der Waals surface area contributed by atoms with Crippen molar-refractivity contribution < 1.29 is 24.5 Å². The molecule has 7 nitrogen and oxygen atoms in total. The third-order valence-electron chi connectivity index (χ3n) is 3.44. The van der Waals surface area contributed by atoms with Gasteiger partial charge in [-0.1, -0.05) is 13.8 Å². The average Bonchev–Trinajstić information content (AvgIpc) is 2.77. The fraction of sp³-hybridized carbons (Fsp3) is 0.846. The van der Waals surface area contributed by atoms with Crippen LogP contribution >= 0.6 is 0 Å². The summed E-state index contributed by atoms with van der Waals surface area (Å²) in [5.41, 5.74) is 5.80. The van der Waals surface area contributed by atoms with Crippen molar-refractivity contribution in [3.05, 3.63) is 0 Å². The molecule has 1 amide bonds. The van der Waals surface area contributed by atoms with E-state index in [0.717, 1.165) is 4.90 Å². The summed E-state index contributed by atoms with van der Waals surface area (Å²) in [5.74, 6) is -0.988. The summed E-state index contributed by atoms with van der Waals surface area (Å²) in [6, 6.07) is -1.55. The number of nitrogens with zero attached hydrogens (tertiary/aromatic N) is 1. The van der Waals surface area contributed by atoms with E-state index in [9.17, 15) is 19.8 Å². The van der Waals surface area contributed by atoms with Crippen molar-refractivity contribution in [2.24, 2.45) is 11.7 Å². The first-order valence-electron chi connectivity index (χ1n) is 6.78. The number of ether oxygens (including phenoxy) is 1. The Kier molecular flexibility index (Phi) is 5.91. The summed E-state index contributed by atoms with van der Waals surface area (Å²) < 4.78 is 4.61. The first-order chi connectivity index (χ1) is 9.27. The van der Waals surface area contributed by atoms with Crippen LogP contribution in [0.5, 0.6) is 0 Å². The van der Waals surface area contributed by atoms with Gasteiger partial charge in [-0.2, -0.15) is 0 Å². The minimum absolute atomic E-state index is 0.00403. The highest BCUT2D eigenvalue weighted by atomic mass is 16.5. The van der Waals surface area contributed by atoms with Gasteiger partial charge >= 0.3 is 5.97 Å². The lowest BCUT2D eigenvalue weighted by Crippen LogP contribution is -2.52. The molecule has 0 aromatic rings. The number of β-amino-alcohol motifs (C(OH)–C–C–N with tert-alkyl or cyclic N) is 1. The number of aliphatic hydroxyl groups is 2. The van der Waals surface area contributed by atoms with Gasteiger partial charge in [-0.3, -0.25) is 4.79 Å². The monoisotopic (exact) mass is 288 g/mol. The quantitative estimate of drug-likeness (QED) is 0.551. The van der Waals surface area contributed by atoms with Crippen molar-refractivity contribution >= 4 is 11.9 Å². The van der Waals surface area contributed by atoms with Crippen LogP contribution in [0.4, 0.5) is 0 Å². The zero-order valence-corrected chi connectivity index (χ0v) is 12.2. The van der Waals surface area contributed by atoms with Gasteiger partial charge < -0.3 is 25.6 Å². The predicted octanol–water partition coefficient (Wildman–Crippen LogP) is -1.14. The van der Waals surface area contributed by atoms with E-state index in [-0.39, 0.29) is 18.9 Å². The largest absolute Gasteiger partial charge is 0.467 e.